The second kappa shape index (κ2) is 4.60. The number of halogens is 1. The predicted molar refractivity (Wildman–Crippen MR) is 56.3 cm³/mol. The number of carbonyl (C=O) groups excluding carboxylic acids is 1. The van der Waals surface area contributed by atoms with Gasteiger partial charge in [0.15, 0.2) is 5.82 Å². The summed E-state index contributed by atoms with van der Waals surface area (Å²) < 4.78 is 17.9. The smallest absolute Gasteiger partial charge is 0.254 e. The summed E-state index contributed by atoms with van der Waals surface area (Å²) in [5.41, 5.74) is 5.56. The summed E-state index contributed by atoms with van der Waals surface area (Å²) in [4.78, 5) is 15.3. The predicted octanol–water partition coefficient (Wildman–Crippen LogP) is 0.721. The van der Waals surface area contributed by atoms with Crippen LogP contribution >= 0.6 is 0 Å². The Bertz CT molecular complexity index is 527. The Kier molecular flexibility index (Phi) is 2.99. The molecule has 6 nitrogen and oxygen atoms in total. The first kappa shape index (κ1) is 11.1. The Morgan fingerprint density at radius 3 is 3.00 bits per heavy atom. The minimum atomic E-state index is -0.671. The number of hydrogen-bond donors (Lipinski definition) is 2. The molecule has 1 heterocycles. The topological polar surface area (TPSA) is 94.0 Å². The molecule has 88 valence electrons. The maximum Gasteiger partial charge on any atom is 0.254 e. The molecule has 2 rings (SSSR count). The number of amides is 1. The average molecular weight is 236 g/mol. The summed E-state index contributed by atoms with van der Waals surface area (Å²) in [5.74, 6) is -0.919. The van der Waals surface area contributed by atoms with E-state index in [9.17, 15) is 9.18 Å². The summed E-state index contributed by atoms with van der Waals surface area (Å²) in [5, 5.41) is 5.96. The Morgan fingerprint density at radius 1 is 1.53 bits per heavy atom. The lowest BCUT2D eigenvalue weighted by Crippen LogP contribution is -2.24. The molecule has 2 aromatic rings. The number of aromatic nitrogens is 2. The molecule has 1 amide bonds. The fraction of sp³-hybridized carbons (Fsp3) is 0.100. The second-order valence-corrected chi connectivity index (χ2v) is 3.27. The largest absolute Gasteiger partial charge is 0.399 e. The Morgan fingerprint density at radius 2 is 2.35 bits per heavy atom. The lowest BCUT2D eigenvalue weighted by Gasteiger charge is -2.04. The van der Waals surface area contributed by atoms with Crippen molar-refractivity contribution in [3.05, 3.63) is 41.8 Å². The highest BCUT2D eigenvalue weighted by atomic mass is 19.1. The van der Waals surface area contributed by atoms with E-state index in [2.05, 4.69) is 20.0 Å². The molecule has 1 aromatic carbocycles. The van der Waals surface area contributed by atoms with Crippen LogP contribution in [0.3, 0.4) is 0 Å². The molecule has 0 bridgehead atoms. The fourth-order valence-electron chi connectivity index (χ4n) is 1.24. The summed E-state index contributed by atoms with van der Waals surface area (Å²) in [7, 11) is 0. The first-order valence-electron chi connectivity index (χ1n) is 4.75. The molecule has 0 aliphatic carbocycles. The molecule has 17 heavy (non-hydrogen) atoms. The van der Waals surface area contributed by atoms with E-state index in [0.29, 0.717) is 5.82 Å². The van der Waals surface area contributed by atoms with E-state index in [4.69, 9.17) is 5.73 Å². The zero-order valence-electron chi connectivity index (χ0n) is 8.68. The van der Waals surface area contributed by atoms with Crippen molar-refractivity contribution in [1.82, 2.24) is 15.5 Å². The minimum absolute atomic E-state index is 0.0686. The van der Waals surface area contributed by atoms with Gasteiger partial charge < -0.3 is 15.6 Å². The fourth-order valence-corrected chi connectivity index (χ4v) is 1.24. The van der Waals surface area contributed by atoms with Crippen LogP contribution in [0.5, 0.6) is 0 Å². The van der Waals surface area contributed by atoms with Gasteiger partial charge in [0.2, 0.25) is 6.39 Å². The van der Waals surface area contributed by atoms with Crippen molar-refractivity contribution in [3.63, 3.8) is 0 Å². The standard InChI is InChI=1S/C10H9FN4O2/c11-8-3-6(12)1-2-7(8)10(16)13-4-9-14-5-17-15-9/h1-3,5H,4,12H2,(H,13,16). The van der Waals surface area contributed by atoms with Gasteiger partial charge in [-0.05, 0) is 18.2 Å². The highest BCUT2D eigenvalue weighted by Gasteiger charge is 2.12. The maximum atomic E-state index is 13.4. The summed E-state index contributed by atoms with van der Waals surface area (Å²) in [6.45, 7) is 0.0686. The van der Waals surface area contributed by atoms with Crippen LogP contribution in [0.2, 0.25) is 0 Å². The van der Waals surface area contributed by atoms with Crippen molar-refractivity contribution in [2.75, 3.05) is 5.73 Å². The number of benzene rings is 1. The summed E-state index contributed by atoms with van der Waals surface area (Å²) in [6, 6.07) is 3.85. The van der Waals surface area contributed by atoms with Crippen LogP contribution in [0.25, 0.3) is 0 Å². The van der Waals surface area contributed by atoms with Gasteiger partial charge in [-0.25, -0.2) is 4.39 Å². The van der Waals surface area contributed by atoms with Gasteiger partial charge in [0.05, 0.1) is 12.1 Å². The zero-order valence-corrected chi connectivity index (χ0v) is 8.68. The highest BCUT2D eigenvalue weighted by Crippen LogP contribution is 2.11. The van der Waals surface area contributed by atoms with Crippen molar-refractivity contribution in [2.24, 2.45) is 0 Å². The van der Waals surface area contributed by atoms with Gasteiger partial charge in [-0.1, -0.05) is 5.16 Å². The summed E-state index contributed by atoms with van der Waals surface area (Å²) >= 11 is 0. The Balaban J connectivity index is 2.04. The van der Waals surface area contributed by atoms with E-state index in [1.54, 1.807) is 0 Å². The molecule has 0 atom stereocenters. The monoisotopic (exact) mass is 236 g/mol. The molecule has 0 fully saturated rings. The molecular weight excluding hydrogens is 227 g/mol. The zero-order chi connectivity index (χ0) is 12.3. The van der Waals surface area contributed by atoms with E-state index < -0.39 is 11.7 Å². The molecule has 0 aliphatic rings. The number of hydrogen-bond acceptors (Lipinski definition) is 5. The van der Waals surface area contributed by atoms with Crippen LogP contribution in [0.15, 0.2) is 29.1 Å². The van der Waals surface area contributed by atoms with E-state index in [0.717, 1.165) is 12.5 Å². The van der Waals surface area contributed by atoms with Crippen molar-refractivity contribution in [3.8, 4) is 0 Å². The normalized spacial score (nSPS) is 10.2. The third-order valence-electron chi connectivity index (χ3n) is 2.05. The number of nitrogen functional groups attached to an aromatic ring is 1. The number of nitrogens with zero attached hydrogens (tertiary/aromatic N) is 2. The summed E-state index contributed by atoms with van der Waals surface area (Å²) in [6.07, 6.45) is 1.14. The van der Waals surface area contributed by atoms with Crippen molar-refractivity contribution in [2.45, 2.75) is 6.54 Å². The van der Waals surface area contributed by atoms with Crippen LogP contribution in [0.1, 0.15) is 16.2 Å². The molecule has 3 N–H and O–H groups in total. The number of rotatable bonds is 3. The lowest BCUT2D eigenvalue weighted by atomic mass is 10.2. The van der Waals surface area contributed by atoms with Crippen LogP contribution in [0.4, 0.5) is 10.1 Å². The van der Waals surface area contributed by atoms with Gasteiger partial charge in [-0.15, -0.1) is 0 Å². The minimum Gasteiger partial charge on any atom is -0.399 e. The van der Waals surface area contributed by atoms with Crippen molar-refractivity contribution in [1.29, 1.82) is 0 Å². The SMILES string of the molecule is Nc1ccc(C(=O)NCc2ncon2)c(F)c1. The van der Waals surface area contributed by atoms with Crippen LogP contribution in [0, 0.1) is 5.82 Å². The first-order chi connectivity index (χ1) is 8.16. The number of nitrogens with one attached hydrogen (secondary N) is 1. The van der Waals surface area contributed by atoms with E-state index in [-0.39, 0.29) is 17.8 Å². The van der Waals surface area contributed by atoms with Crippen molar-refractivity contribution >= 4 is 11.6 Å². The number of anilines is 1. The highest BCUT2D eigenvalue weighted by molar-refractivity contribution is 5.94. The second-order valence-electron chi connectivity index (χ2n) is 3.27. The molecular formula is C10H9FN4O2. The van der Waals surface area contributed by atoms with E-state index in [1.165, 1.54) is 12.1 Å². The van der Waals surface area contributed by atoms with Gasteiger partial charge in [-0.2, -0.15) is 4.98 Å². The molecule has 0 saturated carbocycles. The van der Waals surface area contributed by atoms with Crippen LogP contribution < -0.4 is 11.1 Å². The maximum absolute atomic E-state index is 13.4. The third kappa shape index (κ3) is 2.57. The lowest BCUT2D eigenvalue weighted by molar-refractivity contribution is 0.0945. The molecule has 0 saturated heterocycles. The molecule has 0 spiro atoms. The number of carbonyl (C=O) groups is 1. The van der Waals surface area contributed by atoms with Gasteiger partial charge in [-0.3, -0.25) is 4.79 Å². The van der Waals surface area contributed by atoms with Gasteiger partial charge in [0.25, 0.3) is 5.91 Å². The van der Waals surface area contributed by atoms with Crippen LogP contribution in [-0.2, 0) is 6.54 Å². The van der Waals surface area contributed by atoms with E-state index in [1.807, 2.05) is 0 Å². The first-order valence-corrected chi connectivity index (χ1v) is 4.75. The third-order valence-corrected chi connectivity index (χ3v) is 2.05. The van der Waals surface area contributed by atoms with E-state index >= 15 is 0 Å². The van der Waals surface area contributed by atoms with Gasteiger partial charge in [0, 0.05) is 5.69 Å². The van der Waals surface area contributed by atoms with Crippen molar-refractivity contribution < 1.29 is 13.7 Å². The Hall–Kier alpha value is -2.44. The Labute approximate surface area is 95.6 Å². The van der Waals surface area contributed by atoms with Crippen LogP contribution in [-0.4, -0.2) is 16.0 Å². The molecule has 0 aliphatic heterocycles. The van der Waals surface area contributed by atoms with Gasteiger partial charge >= 0.3 is 0 Å². The molecule has 0 radical (unpaired) electrons. The molecule has 1 aromatic heterocycles. The molecule has 0 unspecified atom stereocenters. The quantitative estimate of drug-likeness (QED) is 0.766. The molecule has 7 heteroatoms. The van der Waals surface area contributed by atoms with Gasteiger partial charge in [0.1, 0.15) is 5.82 Å². The average Bonchev–Trinajstić information content (AvgIpc) is 2.78. The number of nitrogens with two attached hydrogens (primary N) is 1.